The number of amides is 1. The molecule has 22 heavy (non-hydrogen) atoms. The van der Waals surface area contributed by atoms with Gasteiger partial charge in [0.25, 0.3) is 0 Å². The molecular weight excluding hydrogens is 276 g/mol. The molecule has 1 fully saturated rings. The average molecular weight is 312 g/mol. The van der Waals surface area contributed by atoms with Gasteiger partial charge in [0.15, 0.2) is 0 Å². The van der Waals surface area contributed by atoms with E-state index in [1.807, 2.05) is 20.8 Å². The van der Waals surface area contributed by atoms with Gasteiger partial charge in [-0.15, -0.1) is 0 Å². The van der Waals surface area contributed by atoms with Crippen LogP contribution in [0.2, 0.25) is 0 Å². The number of carbonyl (C=O) groups is 1. The van der Waals surface area contributed by atoms with Crippen LogP contribution in [0, 0.1) is 5.92 Å². The van der Waals surface area contributed by atoms with Crippen molar-refractivity contribution in [2.75, 3.05) is 6.54 Å². The van der Waals surface area contributed by atoms with Gasteiger partial charge in [0.2, 0.25) is 0 Å². The number of carbonyl (C=O) groups excluding carboxylic acids is 1. The molecule has 1 unspecified atom stereocenters. The van der Waals surface area contributed by atoms with E-state index in [-0.39, 0.29) is 11.6 Å². The molecule has 4 heteroatoms. The maximum atomic E-state index is 12.1. The van der Waals surface area contributed by atoms with Crippen LogP contribution in [0.5, 0.6) is 0 Å². The maximum Gasteiger partial charge on any atom is 0.408 e. The Morgan fingerprint density at radius 3 is 2.18 bits per heavy atom. The monoisotopic (exact) mass is 312 g/mol. The van der Waals surface area contributed by atoms with Crippen LogP contribution >= 0.6 is 0 Å². The highest BCUT2D eigenvalue weighted by Gasteiger charge is 2.31. The number of hydrogen-bond acceptors (Lipinski definition) is 3. The topological polar surface area (TPSA) is 50.4 Å². The van der Waals surface area contributed by atoms with Crippen molar-refractivity contribution in [2.45, 2.75) is 97.2 Å². The molecule has 1 aliphatic rings. The van der Waals surface area contributed by atoms with Crippen LogP contribution in [-0.4, -0.2) is 29.8 Å². The molecule has 130 valence electrons. The number of hydrogen-bond donors (Lipinski definition) is 2. The van der Waals surface area contributed by atoms with E-state index in [0.29, 0.717) is 6.04 Å². The number of alkyl carbamates (subject to hydrolysis) is 1. The molecule has 1 rings (SSSR count). The second-order valence-electron chi connectivity index (χ2n) is 7.83. The summed E-state index contributed by atoms with van der Waals surface area (Å²) >= 11 is 0. The van der Waals surface area contributed by atoms with Crippen molar-refractivity contribution < 1.29 is 9.53 Å². The third kappa shape index (κ3) is 6.15. The van der Waals surface area contributed by atoms with Gasteiger partial charge in [0.1, 0.15) is 5.60 Å². The van der Waals surface area contributed by atoms with Gasteiger partial charge in [-0.05, 0) is 59.3 Å². The Kier molecular flexibility index (Phi) is 7.17. The van der Waals surface area contributed by atoms with Crippen molar-refractivity contribution in [1.29, 1.82) is 0 Å². The Balaban J connectivity index is 2.56. The minimum atomic E-state index is -0.456. The Hall–Kier alpha value is -0.770. The SMILES string of the molecule is CCC(CC)(CNC(C)C1CCCC1)NC(=O)OC(C)(C)C. The summed E-state index contributed by atoms with van der Waals surface area (Å²) in [6.07, 6.45) is 6.86. The summed E-state index contributed by atoms with van der Waals surface area (Å²) in [5.74, 6) is 0.785. The van der Waals surface area contributed by atoms with E-state index >= 15 is 0 Å². The first-order chi connectivity index (χ1) is 10.2. The standard InChI is InChI=1S/C18H36N2O2/c1-7-18(8-2,20-16(21)22-17(4,5)6)13-19-14(3)15-11-9-10-12-15/h14-15,19H,7-13H2,1-6H3,(H,20,21). The van der Waals surface area contributed by atoms with E-state index in [1.54, 1.807) is 0 Å². The first kappa shape index (κ1) is 19.3. The van der Waals surface area contributed by atoms with E-state index in [1.165, 1.54) is 25.7 Å². The Morgan fingerprint density at radius 1 is 1.18 bits per heavy atom. The molecule has 0 saturated heterocycles. The fourth-order valence-corrected chi connectivity index (χ4v) is 3.22. The summed E-state index contributed by atoms with van der Waals surface area (Å²) in [6, 6.07) is 0.514. The Morgan fingerprint density at radius 2 is 1.73 bits per heavy atom. The summed E-state index contributed by atoms with van der Waals surface area (Å²) in [6.45, 7) is 13.0. The normalized spacial score (nSPS) is 18.3. The van der Waals surface area contributed by atoms with Gasteiger partial charge >= 0.3 is 6.09 Å². The highest BCUT2D eigenvalue weighted by atomic mass is 16.6. The third-order valence-corrected chi connectivity index (χ3v) is 4.99. The highest BCUT2D eigenvalue weighted by molar-refractivity contribution is 5.68. The molecule has 2 N–H and O–H groups in total. The quantitative estimate of drug-likeness (QED) is 0.739. The molecule has 4 nitrogen and oxygen atoms in total. The van der Waals surface area contributed by atoms with Crippen LogP contribution in [0.4, 0.5) is 4.79 Å². The van der Waals surface area contributed by atoms with Crippen LogP contribution in [0.15, 0.2) is 0 Å². The largest absolute Gasteiger partial charge is 0.444 e. The average Bonchev–Trinajstić information content (AvgIpc) is 2.95. The van der Waals surface area contributed by atoms with Gasteiger partial charge < -0.3 is 15.4 Å². The Labute approximate surface area is 136 Å². The summed E-state index contributed by atoms with van der Waals surface area (Å²) in [5.41, 5.74) is -0.683. The fourth-order valence-electron chi connectivity index (χ4n) is 3.22. The van der Waals surface area contributed by atoms with E-state index in [4.69, 9.17) is 4.74 Å². The molecule has 0 bridgehead atoms. The molecule has 0 aromatic rings. The van der Waals surface area contributed by atoms with Gasteiger partial charge in [-0.3, -0.25) is 0 Å². The molecule has 1 amide bonds. The summed E-state index contributed by atoms with van der Waals surface area (Å²) < 4.78 is 5.43. The molecule has 1 atom stereocenters. The van der Waals surface area contributed by atoms with E-state index in [0.717, 1.165) is 25.3 Å². The maximum absolute atomic E-state index is 12.1. The molecule has 0 spiro atoms. The lowest BCUT2D eigenvalue weighted by Gasteiger charge is -2.36. The van der Waals surface area contributed by atoms with Crippen LogP contribution in [0.25, 0.3) is 0 Å². The lowest BCUT2D eigenvalue weighted by atomic mass is 9.91. The second kappa shape index (κ2) is 8.19. The van der Waals surface area contributed by atoms with E-state index in [2.05, 4.69) is 31.4 Å². The van der Waals surface area contributed by atoms with Crippen molar-refractivity contribution in [1.82, 2.24) is 10.6 Å². The van der Waals surface area contributed by atoms with Crippen molar-refractivity contribution in [3.63, 3.8) is 0 Å². The van der Waals surface area contributed by atoms with Crippen LogP contribution in [0.3, 0.4) is 0 Å². The Bertz CT molecular complexity index is 339. The van der Waals surface area contributed by atoms with Gasteiger partial charge in [-0.1, -0.05) is 26.7 Å². The summed E-state index contributed by atoms with van der Waals surface area (Å²) in [7, 11) is 0. The zero-order chi connectivity index (χ0) is 16.8. The van der Waals surface area contributed by atoms with Crippen molar-refractivity contribution >= 4 is 6.09 Å². The zero-order valence-electron chi connectivity index (χ0n) is 15.4. The minimum absolute atomic E-state index is 0.227. The predicted octanol–water partition coefficient (Wildman–Crippen LogP) is 4.24. The number of rotatable bonds is 7. The van der Waals surface area contributed by atoms with Gasteiger partial charge in [-0.25, -0.2) is 4.79 Å². The van der Waals surface area contributed by atoms with E-state index < -0.39 is 5.60 Å². The number of nitrogens with one attached hydrogen (secondary N) is 2. The summed E-state index contributed by atoms with van der Waals surface area (Å²) in [4.78, 5) is 12.1. The lowest BCUT2D eigenvalue weighted by Crippen LogP contribution is -2.56. The molecule has 0 aromatic carbocycles. The fraction of sp³-hybridized carbons (Fsp3) is 0.944. The van der Waals surface area contributed by atoms with Gasteiger partial charge in [-0.2, -0.15) is 0 Å². The molecule has 0 heterocycles. The molecular formula is C18H36N2O2. The molecule has 0 aliphatic heterocycles. The van der Waals surface area contributed by atoms with Gasteiger partial charge in [0.05, 0.1) is 5.54 Å². The molecule has 0 radical (unpaired) electrons. The van der Waals surface area contributed by atoms with Crippen molar-refractivity contribution in [3.05, 3.63) is 0 Å². The van der Waals surface area contributed by atoms with Gasteiger partial charge in [0, 0.05) is 12.6 Å². The second-order valence-corrected chi connectivity index (χ2v) is 7.83. The summed E-state index contributed by atoms with van der Waals surface area (Å²) in [5, 5.41) is 6.77. The van der Waals surface area contributed by atoms with Crippen molar-refractivity contribution in [2.24, 2.45) is 5.92 Å². The first-order valence-corrected chi connectivity index (χ1v) is 8.96. The predicted molar refractivity (Wildman–Crippen MR) is 92.1 cm³/mol. The minimum Gasteiger partial charge on any atom is -0.444 e. The number of ether oxygens (including phenoxy) is 1. The zero-order valence-corrected chi connectivity index (χ0v) is 15.4. The van der Waals surface area contributed by atoms with Crippen LogP contribution in [0.1, 0.15) is 80.1 Å². The van der Waals surface area contributed by atoms with Crippen LogP contribution in [-0.2, 0) is 4.74 Å². The first-order valence-electron chi connectivity index (χ1n) is 8.96. The lowest BCUT2D eigenvalue weighted by molar-refractivity contribution is 0.0443. The smallest absolute Gasteiger partial charge is 0.408 e. The van der Waals surface area contributed by atoms with E-state index in [9.17, 15) is 4.79 Å². The highest BCUT2D eigenvalue weighted by Crippen LogP contribution is 2.28. The molecule has 0 aromatic heterocycles. The van der Waals surface area contributed by atoms with Crippen molar-refractivity contribution in [3.8, 4) is 0 Å². The molecule has 1 aliphatic carbocycles. The third-order valence-electron chi connectivity index (χ3n) is 4.99. The molecule has 1 saturated carbocycles. The van der Waals surface area contributed by atoms with Crippen LogP contribution < -0.4 is 10.6 Å².